The van der Waals surface area contributed by atoms with Crippen LogP contribution in [-0.4, -0.2) is 52.8 Å². The number of pyridine rings is 1. The van der Waals surface area contributed by atoms with E-state index < -0.39 is 16.1 Å². The van der Waals surface area contributed by atoms with Crippen molar-refractivity contribution >= 4 is 32.4 Å². The lowest BCUT2D eigenvalue weighted by Gasteiger charge is -2.33. The summed E-state index contributed by atoms with van der Waals surface area (Å²) in [4.78, 5) is 19.7. The number of nitrogens with one attached hydrogen (secondary N) is 2. The third-order valence-corrected chi connectivity index (χ3v) is 9.51. The van der Waals surface area contributed by atoms with Crippen LogP contribution >= 0.6 is 0 Å². The normalized spacial score (nSPS) is 15.8. The molecule has 2 aliphatic rings. The van der Waals surface area contributed by atoms with Gasteiger partial charge in [0.05, 0.1) is 18.0 Å². The molecule has 4 aromatic rings. The van der Waals surface area contributed by atoms with Gasteiger partial charge in [0.25, 0.3) is 0 Å². The van der Waals surface area contributed by atoms with E-state index in [1.54, 1.807) is 62.0 Å². The second-order valence-corrected chi connectivity index (χ2v) is 12.5. The van der Waals surface area contributed by atoms with E-state index in [2.05, 4.69) is 19.9 Å². The van der Waals surface area contributed by atoms with Gasteiger partial charge in [0.15, 0.2) is 11.5 Å². The lowest BCUT2D eigenvalue weighted by Crippen LogP contribution is -2.39. The molecule has 0 unspecified atom stereocenters. The number of methoxy groups -OCH3 is 1. The van der Waals surface area contributed by atoms with Crippen molar-refractivity contribution < 1.29 is 27.4 Å². The molecule has 0 aliphatic carbocycles. The average molecular weight is 603 g/mol. The highest BCUT2D eigenvalue weighted by Crippen LogP contribution is 2.35. The van der Waals surface area contributed by atoms with Gasteiger partial charge in [-0.05, 0) is 83.6 Å². The summed E-state index contributed by atoms with van der Waals surface area (Å²) in [5.74, 6) is 1.90. The molecule has 0 spiro atoms. The third-order valence-electron chi connectivity index (χ3n) is 8.05. The van der Waals surface area contributed by atoms with Crippen molar-refractivity contribution in [2.75, 3.05) is 38.4 Å². The largest absolute Gasteiger partial charge is 0.497 e. The zero-order chi connectivity index (χ0) is 29.8. The number of ether oxygens (including phenoxy) is 3. The molecule has 43 heavy (non-hydrogen) atoms. The number of nitrogens with zero attached hydrogens (tertiary/aromatic N) is 2. The van der Waals surface area contributed by atoms with Crippen LogP contribution in [0.2, 0.25) is 0 Å². The minimum Gasteiger partial charge on any atom is -0.497 e. The third kappa shape index (κ3) is 6.68. The number of hydrogen-bond donors (Lipinski definition) is 2. The Labute approximate surface area is 251 Å². The van der Waals surface area contributed by atoms with Gasteiger partial charge in [-0.1, -0.05) is 18.2 Å². The predicted molar refractivity (Wildman–Crippen MR) is 163 cm³/mol. The van der Waals surface area contributed by atoms with Crippen LogP contribution < -0.4 is 29.1 Å². The minimum absolute atomic E-state index is 0.0699. The summed E-state index contributed by atoms with van der Waals surface area (Å²) in [6, 6.07) is 18.8. The number of rotatable bonds is 10. The molecule has 0 radical (unpaired) electrons. The quantitative estimate of drug-likeness (QED) is 0.274. The Hall–Kier alpha value is -4.35. The Morgan fingerprint density at radius 1 is 0.977 bits per heavy atom. The topological polar surface area (TPSA) is 119 Å². The van der Waals surface area contributed by atoms with E-state index in [-0.39, 0.29) is 24.0 Å². The number of fused-ring (bicyclic) bond motifs is 2. The molecule has 0 saturated carbocycles. The summed E-state index contributed by atoms with van der Waals surface area (Å²) in [6.45, 7) is 2.45. The van der Waals surface area contributed by atoms with Gasteiger partial charge >= 0.3 is 0 Å². The molecule has 2 aliphatic heterocycles. The van der Waals surface area contributed by atoms with E-state index in [1.807, 2.05) is 24.3 Å². The number of hydrogen-bond acceptors (Lipinski definition) is 8. The average Bonchev–Trinajstić information content (AvgIpc) is 3.52. The number of sulfonamides is 1. The molecule has 10 nitrogen and oxygen atoms in total. The fourth-order valence-electron chi connectivity index (χ4n) is 5.57. The summed E-state index contributed by atoms with van der Waals surface area (Å²) in [6.07, 6.45) is 5.43. The highest BCUT2D eigenvalue weighted by molar-refractivity contribution is 7.89. The Bertz CT molecular complexity index is 1710. The monoisotopic (exact) mass is 602 g/mol. The van der Waals surface area contributed by atoms with E-state index in [4.69, 9.17) is 14.2 Å². The molecule has 1 amide bonds. The molecule has 1 atom stereocenters. The molecule has 3 aromatic carbocycles. The predicted octanol–water partition coefficient (Wildman–Crippen LogP) is 4.41. The summed E-state index contributed by atoms with van der Waals surface area (Å²) >= 11 is 0. The molecule has 11 heteroatoms. The van der Waals surface area contributed by atoms with Crippen LogP contribution in [0.5, 0.6) is 17.2 Å². The van der Waals surface area contributed by atoms with Crippen LogP contribution in [0.4, 0.5) is 5.69 Å². The van der Waals surface area contributed by atoms with Crippen molar-refractivity contribution in [3.63, 3.8) is 0 Å². The Morgan fingerprint density at radius 2 is 1.72 bits per heavy atom. The van der Waals surface area contributed by atoms with Crippen LogP contribution in [0.1, 0.15) is 30.9 Å². The summed E-state index contributed by atoms with van der Waals surface area (Å²) in [5, 5.41) is 4.67. The van der Waals surface area contributed by atoms with Gasteiger partial charge < -0.3 is 24.4 Å². The van der Waals surface area contributed by atoms with Gasteiger partial charge in [-0.3, -0.25) is 9.78 Å². The van der Waals surface area contributed by atoms with Gasteiger partial charge in [0, 0.05) is 44.1 Å². The molecule has 224 valence electrons. The second-order valence-electron chi connectivity index (χ2n) is 10.8. The maximum Gasteiger partial charge on any atom is 0.241 e. The van der Waals surface area contributed by atoms with Crippen molar-refractivity contribution in [3.8, 4) is 17.2 Å². The fourth-order valence-corrected chi connectivity index (χ4v) is 6.83. The minimum atomic E-state index is -3.99. The van der Waals surface area contributed by atoms with Crippen LogP contribution in [0.25, 0.3) is 10.8 Å². The van der Waals surface area contributed by atoms with Crippen LogP contribution in [0.15, 0.2) is 84.0 Å². The Kier molecular flexibility index (Phi) is 8.35. The number of carbonyl (C=O) groups excluding carboxylic acids is 1. The van der Waals surface area contributed by atoms with Crippen LogP contribution in [0, 0.1) is 5.92 Å². The van der Waals surface area contributed by atoms with E-state index in [0.717, 1.165) is 42.4 Å². The highest BCUT2D eigenvalue weighted by Gasteiger charge is 2.27. The SMILES string of the molecule is COc1ccc2cc(S(=O)(=O)N[C@H](CC(=O)NCC3CCN(c4ccncc4)CC3)c3ccc4c(c3)OCO4)ccc2c1. The first-order chi connectivity index (χ1) is 20.9. The van der Waals surface area contributed by atoms with Crippen LogP contribution in [-0.2, 0) is 14.8 Å². The molecule has 1 saturated heterocycles. The zero-order valence-corrected chi connectivity index (χ0v) is 24.7. The maximum atomic E-state index is 13.6. The van der Waals surface area contributed by atoms with Gasteiger partial charge in [0.2, 0.25) is 22.7 Å². The second kappa shape index (κ2) is 12.5. The summed E-state index contributed by atoms with van der Waals surface area (Å²) in [5.41, 5.74) is 1.77. The maximum absolute atomic E-state index is 13.6. The highest BCUT2D eigenvalue weighted by atomic mass is 32.2. The fraction of sp³-hybridized carbons (Fsp3) is 0.312. The molecule has 6 rings (SSSR count). The van der Waals surface area contributed by atoms with Crippen molar-refractivity contribution in [3.05, 3.63) is 84.7 Å². The number of benzene rings is 3. The van der Waals surface area contributed by atoms with Gasteiger partial charge in [-0.15, -0.1) is 0 Å². The zero-order valence-electron chi connectivity index (χ0n) is 23.9. The smallest absolute Gasteiger partial charge is 0.241 e. The lowest BCUT2D eigenvalue weighted by atomic mass is 9.96. The Morgan fingerprint density at radius 3 is 2.51 bits per heavy atom. The molecule has 2 N–H and O–H groups in total. The number of amides is 1. The molecular formula is C32H34N4O6S. The van der Waals surface area contributed by atoms with Crippen molar-refractivity contribution in [1.82, 2.24) is 15.0 Å². The van der Waals surface area contributed by atoms with Crippen molar-refractivity contribution in [1.29, 1.82) is 0 Å². The Balaban J connectivity index is 1.14. The number of anilines is 1. The molecule has 0 bridgehead atoms. The van der Waals surface area contributed by atoms with Gasteiger partial charge in [-0.25, -0.2) is 13.1 Å². The van der Waals surface area contributed by atoms with Crippen molar-refractivity contribution in [2.24, 2.45) is 5.92 Å². The number of aromatic nitrogens is 1. The summed E-state index contributed by atoms with van der Waals surface area (Å²) < 4.78 is 46.2. The van der Waals surface area contributed by atoms with E-state index in [1.165, 1.54) is 0 Å². The number of carbonyl (C=O) groups is 1. The molecule has 1 fully saturated rings. The van der Waals surface area contributed by atoms with Gasteiger partial charge in [-0.2, -0.15) is 0 Å². The first-order valence-corrected chi connectivity index (χ1v) is 15.8. The van der Waals surface area contributed by atoms with Crippen LogP contribution in [0.3, 0.4) is 0 Å². The van der Waals surface area contributed by atoms with E-state index in [0.29, 0.717) is 35.3 Å². The lowest BCUT2D eigenvalue weighted by molar-refractivity contribution is -0.121. The van der Waals surface area contributed by atoms with Crippen molar-refractivity contribution in [2.45, 2.75) is 30.2 Å². The van der Waals surface area contributed by atoms with E-state index >= 15 is 0 Å². The first kappa shape index (κ1) is 28.8. The van der Waals surface area contributed by atoms with E-state index in [9.17, 15) is 13.2 Å². The molecular weight excluding hydrogens is 568 g/mol. The standard InChI is InChI=1S/C32H34N4O6S/c1-40-27-5-2-24-17-28(6-3-23(24)16-27)43(38,39)35-29(25-4-7-30-31(18-25)42-21-41-30)19-32(37)34-20-22-10-14-36(15-11-22)26-8-12-33-13-9-26/h2-9,12-13,16-18,22,29,35H,10-11,14-15,19-21H2,1H3,(H,34,37)/t29-/m1/s1. The molecule has 3 heterocycles. The molecule has 1 aromatic heterocycles. The first-order valence-electron chi connectivity index (χ1n) is 14.3. The summed E-state index contributed by atoms with van der Waals surface area (Å²) in [7, 11) is -2.40. The number of piperidine rings is 1. The van der Waals surface area contributed by atoms with Gasteiger partial charge in [0.1, 0.15) is 5.75 Å².